The standard InChI is InChI=1S/C15H23ClN2O2/c1-11(2)17-8-12-4-3-5-14(16)15(12)18-6-7-20-13(9-18)10-19/h3-5,11,13,17,19H,6-10H2,1-2H3. The van der Waals surface area contributed by atoms with Gasteiger partial charge in [-0.15, -0.1) is 0 Å². The lowest BCUT2D eigenvalue weighted by Gasteiger charge is -2.35. The van der Waals surface area contributed by atoms with Crippen LogP contribution in [0.4, 0.5) is 5.69 Å². The smallest absolute Gasteiger partial charge is 0.0980 e. The summed E-state index contributed by atoms with van der Waals surface area (Å²) in [5.74, 6) is 0. The largest absolute Gasteiger partial charge is 0.394 e. The summed E-state index contributed by atoms with van der Waals surface area (Å²) in [4.78, 5) is 2.21. The monoisotopic (exact) mass is 298 g/mol. The van der Waals surface area contributed by atoms with E-state index >= 15 is 0 Å². The van der Waals surface area contributed by atoms with E-state index in [1.165, 1.54) is 5.56 Å². The summed E-state index contributed by atoms with van der Waals surface area (Å²) in [6.07, 6.45) is -0.133. The van der Waals surface area contributed by atoms with Gasteiger partial charge in [0.05, 0.1) is 30.0 Å². The highest BCUT2D eigenvalue weighted by molar-refractivity contribution is 6.33. The fraction of sp³-hybridized carbons (Fsp3) is 0.600. The van der Waals surface area contributed by atoms with Crippen LogP contribution in [0.2, 0.25) is 5.02 Å². The van der Waals surface area contributed by atoms with E-state index < -0.39 is 0 Å². The van der Waals surface area contributed by atoms with Gasteiger partial charge in [-0.2, -0.15) is 0 Å². The molecule has 1 aromatic carbocycles. The second-order valence-corrected chi connectivity index (χ2v) is 5.81. The molecule has 2 rings (SSSR count). The van der Waals surface area contributed by atoms with Gasteiger partial charge in [-0.05, 0) is 11.6 Å². The SMILES string of the molecule is CC(C)NCc1cccc(Cl)c1N1CCOC(CO)C1. The minimum Gasteiger partial charge on any atom is -0.394 e. The van der Waals surface area contributed by atoms with Crippen LogP contribution in [0, 0.1) is 0 Å². The van der Waals surface area contributed by atoms with Crippen molar-refractivity contribution in [2.24, 2.45) is 0 Å². The van der Waals surface area contributed by atoms with Crippen molar-refractivity contribution in [3.63, 3.8) is 0 Å². The van der Waals surface area contributed by atoms with Gasteiger partial charge in [0.15, 0.2) is 0 Å². The first-order valence-electron chi connectivity index (χ1n) is 7.10. The number of para-hydroxylation sites is 1. The Hall–Kier alpha value is -0.810. The Morgan fingerprint density at radius 3 is 3.00 bits per heavy atom. The third-order valence-corrected chi connectivity index (χ3v) is 3.73. The van der Waals surface area contributed by atoms with E-state index in [9.17, 15) is 5.11 Å². The van der Waals surface area contributed by atoms with Crippen molar-refractivity contribution in [3.05, 3.63) is 28.8 Å². The number of hydrogen-bond acceptors (Lipinski definition) is 4. The number of aliphatic hydroxyl groups is 1. The van der Waals surface area contributed by atoms with E-state index in [-0.39, 0.29) is 12.7 Å². The molecular formula is C15H23ClN2O2. The van der Waals surface area contributed by atoms with Gasteiger partial charge in [0, 0.05) is 25.7 Å². The maximum atomic E-state index is 9.27. The number of morpholine rings is 1. The molecule has 0 amide bonds. The summed E-state index contributed by atoms with van der Waals surface area (Å²) in [5.41, 5.74) is 2.24. The third kappa shape index (κ3) is 3.85. The molecule has 1 aliphatic rings. The Balaban J connectivity index is 2.20. The Bertz CT molecular complexity index is 440. The van der Waals surface area contributed by atoms with Gasteiger partial charge in [0.25, 0.3) is 0 Å². The molecule has 0 aliphatic carbocycles. The summed E-state index contributed by atoms with van der Waals surface area (Å²) in [6.45, 7) is 7.17. The second kappa shape index (κ2) is 7.27. The zero-order valence-electron chi connectivity index (χ0n) is 12.1. The molecule has 1 fully saturated rings. The fourth-order valence-electron chi connectivity index (χ4n) is 2.40. The van der Waals surface area contributed by atoms with Crippen LogP contribution in [0.3, 0.4) is 0 Å². The number of nitrogens with zero attached hydrogens (tertiary/aromatic N) is 1. The Kier molecular flexibility index (Phi) is 5.66. The summed E-state index contributed by atoms with van der Waals surface area (Å²) < 4.78 is 5.51. The number of hydrogen-bond donors (Lipinski definition) is 2. The molecule has 0 aromatic heterocycles. The van der Waals surface area contributed by atoms with Gasteiger partial charge in [-0.1, -0.05) is 37.6 Å². The van der Waals surface area contributed by atoms with Gasteiger partial charge >= 0.3 is 0 Å². The lowest BCUT2D eigenvalue weighted by atomic mass is 10.1. The first kappa shape index (κ1) is 15.6. The Morgan fingerprint density at radius 1 is 1.50 bits per heavy atom. The lowest BCUT2D eigenvalue weighted by molar-refractivity contribution is 0.00353. The molecule has 5 heteroatoms. The van der Waals surface area contributed by atoms with Crippen LogP contribution in [0.5, 0.6) is 0 Å². The van der Waals surface area contributed by atoms with Crippen LogP contribution < -0.4 is 10.2 Å². The maximum Gasteiger partial charge on any atom is 0.0980 e. The predicted octanol–water partition coefficient (Wildman–Crippen LogP) is 2.04. The van der Waals surface area contributed by atoms with E-state index in [2.05, 4.69) is 30.1 Å². The normalized spacial score (nSPS) is 19.6. The molecule has 4 nitrogen and oxygen atoms in total. The van der Waals surface area contributed by atoms with Crippen LogP contribution in [-0.4, -0.2) is 43.6 Å². The van der Waals surface area contributed by atoms with Gasteiger partial charge in [-0.3, -0.25) is 0 Å². The lowest BCUT2D eigenvalue weighted by Crippen LogP contribution is -2.44. The Labute approximate surface area is 125 Å². The van der Waals surface area contributed by atoms with Gasteiger partial charge in [-0.25, -0.2) is 0 Å². The number of benzene rings is 1. The number of ether oxygens (including phenoxy) is 1. The molecule has 0 radical (unpaired) electrons. The molecule has 2 N–H and O–H groups in total. The number of anilines is 1. The average Bonchev–Trinajstić information content (AvgIpc) is 2.45. The molecule has 112 valence electrons. The van der Waals surface area contributed by atoms with E-state index in [0.717, 1.165) is 23.8 Å². The minimum atomic E-state index is -0.133. The summed E-state index contributed by atoms with van der Waals surface area (Å²) in [5, 5.41) is 13.5. The van der Waals surface area contributed by atoms with Gasteiger partial charge < -0.3 is 20.1 Å². The molecular weight excluding hydrogens is 276 g/mol. The highest BCUT2D eigenvalue weighted by atomic mass is 35.5. The first-order valence-corrected chi connectivity index (χ1v) is 7.47. The molecule has 1 unspecified atom stereocenters. The molecule has 0 spiro atoms. The molecule has 1 saturated heterocycles. The fourth-order valence-corrected chi connectivity index (χ4v) is 2.72. The van der Waals surface area contributed by atoms with Crippen LogP contribution in [-0.2, 0) is 11.3 Å². The van der Waals surface area contributed by atoms with Crippen molar-refractivity contribution in [1.82, 2.24) is 5.32 Å². The van der Waals surface area contributed by atoms with Crippen molar-refractivity contribution in [3.8, 4) is 0 Å². The summed E-state index contributed by atoms with van der Waals surface area (Å²) in [7, 11) is 0. The quantitative estimate of drug-likeness (QED) is 0.873. The molecule has 0 bridgehead atoms. The first-order chi connectivity index (χ1) is 9.61. The second-order valence-electron chi connectivity index (χ2n) is 5.40. The van der Waals surface area contributed by atoms with Crippen molar-refractivity contribution < 1.29 is 9.84 Å². The van der Waals surface area contributed by atoms with Crippen molar-refractivity contribution in [2.75, 3.05) is 31.2 Å². The minimum absolute atomic E-state index is 0.0422. The van der Waals surface area contributed by atoms with Gasteiger partial charge in [0.1, 0.15) is 0 Å². The highest BCUT2D eigenvalue weighted by Gasteiger charge is 2.23. The van der Waals surface area contributed by atoms with Crippen molar-refractivity contribution in [1.29, 1.82) is 0 Å². The molecule has 20 heavy (non-hydrogen) atoms. The van der Waals surface area contributed by atoms with E-state index in [0.29, 0.717) is 19.2 Å². The highest BCUT2D eigenvalue weighted by Crippen LogP contribution is 2.31. The van der Waals surface area contributed by atoms with E-state index in [1.54, 1.807) is 0 Å². The van der Waals surface area contributed by atoms with Crippen LogP contribution in [0.25, 0.3) is 0 Å². The predicted molar refractivity (Wildman–Crippen MR) is 82.5 cm³/mol. The third-order valence-electron chi connectivity index (χ3n) is 3.43. The number of aliphatic hydroxyl groups excluding tert-OH is 1. The summed E-state index contributed by atoms with van der Waals surface area (Å²) >= 11 is 6.40. The average molecular weight is 299 g/mol. The van der Waals surface area contributed by atoms with Crippen LogP contribution in [0.15, 0.2) is 18.2 Å². The van der Waals surface area contributed by atoms with Crippen molar-refractivity contribution in [2.45, 2.75) is 32.5 Å². The molecule has 1 atom stereocenters. The van der Waals surface area contributed by atoms with Crippen LogP contribution in [0.1, 0.15) is 19.4 Å². The summed E-state index contributed by atoms with van der Waals surface area (Å²) in [6, 6.07) is 6.42. The number of rotatable bonds is 5. The molecule has 1 aliphatic heterocycles. The van der Waals surface area contributed by atoms with E-state index in [1.807, 2.05) is 12.1 Å². The zero-order chi connectivity index (χ0) is 14.5. The van der Waals surface area contributed by atoms with Gasteiger partial charge in [0.2, 0.25) is 0 Å². The van der Waals surface area contributed by atoms with E-state index in [4.69, 9.17) is 16.3 Å². The molecule has 1 heterocycles. The maximum absolute atomic E-state index is 9.27. The number of halogens is 1. The molecule has 0 saturated carbocycles. The topological polar surface area (TPSA) is 44.7 Å². The van der Waals surface area contributed by atoms with Crippen molar-refractivity contribution >= 4 is 17.3 Å². The number of nitrogens with one attached hydrogen (secondary N) is 1. The Morgan fingerprint density at radius 2 is 2.30 bits per heavy atom. The zero-order valence-corrected chi connectivity index (χ0v) is 12.9. The van der Waals surface area contributed by atoms with Crippen LogP contribution >= 0.6 is 11.6 Å². The molecule has 1 aromatic rings.